The van der Waals surface area contributed by atoms with E-state index >= 15 is 0 Å². The van der Waals surface area contributed by atoms with Gasteiger partial charge in [0.05, 0.1) is 29.8 Å². The summed E-state index contributed by atoms with van der Waals surface area (Å²) in [4.78, 5) is 31.4. The van der Waals surface area contributed by atoms with E-state index in [1.165, 1.54) is 34.4 Å². The topological polar surface area (TPSA) is 91.0 Å². The largest absolute Gasteiger partial charge is 0.344 e. The van der Waals surface area contributed by atoms with E-state index in [2.05, 4.69) is 4.98 Å². The lowest BCUT2D eigenvalue weighted by Gasteiger charge is -2.16. The molecule has 1 fully saturated rings. The molecule has 0 radical (unpaired) electrons. The molecular formula is C24H22FN3O4S2. The van der Waals surface area contributed by atoms with Crippen LogP contribution >= 0.6 is 11.3 Å². The Morgan fingerprint density at radius 3 is 2.65 bits per heavy atom. The van der Waals surface area contributed by atoms with E-state index in [9.17, 15) is 22.4 Å². The number of halogens is 1. The molecule has 0 saturated carbocycles. The fourth-order valence-corrected chi connectivity index (χ4v) is 7.37. The molecule has 10 heteroatoms. The van der Waals surface area contributed by atoms with Crippen molar-refractivity contribution < 1.29 is 17.6 Å². The van der Waals surface area contributed by atoms with Crippen molar-refractivity contribution in [2.24, 2.45) is 0 Å². The number of aryl methyl sites for hydroxylation is 1. The van der Waals surface area contributed by atoms with Crippen LogP contribution in [0.2, 0.25) is 0 Å². The Labute approximate surface area is 199 Å². The van der Waals surface area contributed by atoms with Crippen LogP contribution in [0, 0.1) is 19.7 Å². The third-order valence-electron chi connectivity index (χ3n) is 6.39. The van der Waals surface area contributed by atoms with Crippen LogP contribution in [0.1, 0.15) is 34.2 Å². The highest BCUT2D eigenvalue weighted by molar-refractivity contribution is 7.91. The minimum Gasteiger partial charge on any atom is -0.344 e. The van der Waals surface area contributed by atoms with Gasteiger partial charge in [0.1, 0.15) is 10.6 Å². The monoisotopic (exact) mass is 499 g/mol. The van der Waals surface area contributed by atoms with Crippen molar-refractivity contribution in [2.45, 2.75) is 32.9 Å². The Kier molecular flexibility index (Phi) is 5.52. The molecule has 4 heterocycles. The Morgan fingerprint density at radius 1 is 1.24 bits per heavy atom. The van der Waals surface area contributed by atoms with Crippen LogP contribution in [-0.4, -0.2) is 39.8 Å². The molecule has 0 unspecified atom stereocenters. The summed E-state index contributed by atoms with van der Waals surface area (Å²) in [5.41, 5.74) is 3.01. The minimum atomic E-state index is -3.07. The van der Waals surface area contributed by atoms with Crippen molar-refractivity contribution in [3.05, 3.63) is 75.2 Å². The van der Waals surface area contributed by atoms with Gasteiger partial charge in [-0.05, 0) is 44.0 Å². The molecule has 0 bridgehead atoms. The standard InChI is InChI=1S/C24H22FN3O4S2/c1-14-9-19(15(2)28(14)18-7-8-34(31,32)12-18)21(29)10-27-13-26-23-22(24(27)30)20(11-33-23)16-3-5-17(25)6-4-16/h3-6,9,11,13,18H,7-8,10,12H2,1-2H3/t18-/m0/s1. The molecule has 3 aromatic heterocycles. The summed E-state index contributed by atoms with van der Waals surface area (Å²) in [5.74, 6) is -0.392. The number of ketones is 1. The summed E-state index contributed by atoms with van der Waals surface area (Å²) in [6, 6.07) is 7.46. The maximum atomic E-state index is 13.3. The van der Waals surface area contributed by atoms with Gasteiger partial charge in [-0.1, -0.05) is 12.1 Å². The molecule has 176 valence electrons. The van der Waals surface area contributed by atoms with Crippen LogP contribution < -0.4 is 5.56 Å². The number of nitrogens with zero attached hydrogens (tertiary/aromatic N) is 3. The third kappa shape index (κ3) is 3.90. The van der Waals surface area contributed by atoms with Crippen LogP contribution in [0.5, 0.6) is 0 Å². The summed E-state index contributed by atoms with van der Waals surface area (Å²) < 4.78 is 40.4. The van der Waals surface area contributed by atoms with Crippen LogP contribution in [0.25, 0.3) is 21.3 Å². The van der Waals surface area contributed by atoms with Crippen molar-refractivity contribution in [1.82, 2.24) is 14.1 Å². The van der Waals surface area contributed by atoms with Gasteiger partial charge < -0.3 is 4.57 Å². The highest BCUT2D eigenvalue weighted by Gasteiger charge is 2.31. The summed E-state index contributed by atoms with van der Waals surface area (Å²) in [7, 11) is -3.07. The van der Waals surface area contributed by atoms with E-state index in [0.29, 0.717) is 39.0 Å². The van der Waals surface area contributed by atoms with E-state index < -0.39 is 9.84 Å². The number of carbonyl (C=O) groups excluding carboxylic acids is 1. The van der Waals surface area contributed by atoms with Crippen LogP contribution in [-0.2, 0) is 16.4 Å². The molecular weight excluding hydrogens is 477 g/mol. The van der Waals surface area contributed by atoms with E-state index in [-0.39, 0.29) is 41.3 Å². The average molecular weight is 500 g/mol. The number of carbonyl (C=O) groups is 1. The highest BCUT2D eigenvalue weighted by atomic mass is 32.2. The first-order valence-corrected chi connectivity index (χ1v) is 13.5. The molecule has 34 heavy (non-hydrogen) atoms. The first-order chi connectivity index (χ1) is 16.1. The molecule has 0 spiro atoms. The Hall–Kier alpha value is -3.11. The van der Waals surface area contributed by atoms with Crippen LogP contribution in [0.4, 0.5) is 4.39 Å². The highest BCUT2D eigenvalue weighted by Crippen LogP contribution is 2.31. The number of thiophene rings is 1. The van der Waals surface area contributed by atoms with Crippen molar-refractivity contribution in [3.8, 4) is 11.1 Å². The van der Waals surface area contributed by atoms with Crippen molar-refractivity contribution in [2.75, 3.05) is 11.5 Å². The number of hydrogen-bond donors (Lipinski definition) is 0. The summed E-state index contributed by atoms with van der Waals surface area (Å²) >= 11 is 1.32. The predicted octanol–water partition coefficient (Wildman–Crippen LogP) is 3.92. The molecule has 7 nitrogen and oxygen atoms in total. The summed E-state index contributed by atoms with van der Waals surface area (Å²) in [6.07, 6.45) is 1.90. The smallest absolute Gasteiger partial charge is 0.263 e. The molecule has 4 aromatic rings. The number of aromatic nitrogens is 3. The molecule has 0 amide bonds. The van der Waals surface area contributed by atoms with Gasteiger partial charge in [-0.15, -0.1) is 11.3 Å². The van der Waals surface area contributed by atoms with Gasteiger partial charge in [0.2, 0.25) is 0 Å². The van der Waals surface area contributed by atoms with E-state index in [1.54, 1.807) is 25.1 Å². The van der Waals surface area contributed by atoms with Crippen LogP contribution in [0.3, 0.4) is 0 Å². The summed E-state index contributed by atoms with van der Waals surface area (Å²) in [5, 5.41) is 2.20. The molecule has 1 aromatic carbocycles. The second-order valence-corrected chi connectivity index (χ2v) is 11.7. The second-order valence-electron chi connectivity index (χ2n) is 8.65. The number of benzene rings is 1. The third-order valence-corrected chi connectivity index (χ3v) is 9.02. The first kappa shape index (κ1) is 22.7. The van der Waals surface area contributed by atoms with Gasteiger partial charge in [-0.3, -0.25) is 14.2 Å². The maximum absolute atomic E-state index is 13.3. The SMILES string of the molecule is Cc1cc(C(=O)Cn2cnc3scc(-c4ccc(F)cc4)c3c2=O)c(C)n1[C@H]1CCS(=O)(=O)C1. The zero-order valence-electron chi connectivity index (χ0n) is 18.6. The van der Waals surface area contributed by atoms with E-state index in [4.69, 9.17) is 0 Å². The average Bonchev–Trinajstić information content (AvgIpc) is 3.46. The zero-order valence-corrected chi connectivity index (χ0v) is 20.2. The quantitative estimate of drug-likeness (QED) is 0.388. The Balaban J connectivity index is 1.48. The fraction of sp³-hybridized carbons (Fsp3) is 0.292. The first-order valence-electron chi connectivity index (χ1n) is 10.8. The van der Waals surface area contributed by atoms with Gasteiger partial charge in [0.15, 0.2) is 15.6 Å². The predicted molar refractivity (Wildman–Crippen MR) is 130 cm³/mol. The lowest BCUT2D eigenvalue weighted by Crippen LogP contribution is -2.25. The molecule has 0 aliphatic carbocycles. The number of sulfone groups is 1. The van der Waals surface area contributed by atoms with E-state index in [0.717, 1.165) is 5.69 Å². The number of hydrogen-bond acceptors (Lipinski definition) is 6. The number of Topliss-reactive ketones (excluding diaryl/α,β-unsaturated/α-hetero) is 1. The zero-order chi connectivity index (χ0) is 24.2. The molecule has 1 aliphatic rings. The molecule has 0 N–H and O–H groups in total. The lowest BCUT2D eigenvalue weighted by atomic mass is 10.1. The van der Waals surface area contributed by atoms with Gasteiger partial charge in [0, 0.05) is 33.9 Å². The lowest BCUT2D eigenvalue weighted by molar-refractivity contribution is 0.0970. The van der Waals surface area contributed by atoms with Crippen molar-refractivity contribution >= 4 is 37.2 Å². The van der Waals surface area contributed by atoms with Crippen LogP contribution in [0.15, 0.2) is 46.8 Å². The number of fused-ring (bicyclic) bond motifs is 1. The number of rotatable bonds is 5. The minimum absolute atomic E-state index is 0.0708. The van der Waals surface area contributed by atoms with Gasteiger partial charge in [-0.25, -0.2) is 17.8 Å². The second kappa shape index (κ2) is 8.28. The van der Waals surface area contributed by atoms with Gasteiger partial charge in [-0.2, -0.15) is 0 Å². The maximum Gasteiger partial charge on any atom is 0.263 e. The van der Waals surface area contributed by atoms with Crippen molar-refractivity contribution in [1.29, 1.82) is 0 Å². The fourth-order valence-electron chi connectivity index (χ4n) is 4.76. The molecule has 1 saturated heterocycles. The van der Waals surface area contributed by atoms with Crippen molar-refractivity contribution in [3.63, 3.8) is 0 Å². The molecule has 5 rings (SSSR count). The van der Waals surface area contributed by atoms with E-state index in [1.807, 2.05) is 16.9 Å². The normalized spacial score (nSPS) is 17.4. The summed E-state index contributed by atoms with van der Waals surface area (Å²) in [6.45, 7) is 3.48. The Bertz CT molecular complexity index is 1600. The molecule has 1 atom stereocenters. The Morgan fingerprint density at radius 2 is 1.97 bits per heavy atom. The molecule has 1 aliphatic heterocycles. The van der Waals surface area contributed by atoms with Gasteiger partial charge >= 0.3 is 0 Å². The van der Waals surface area contributed by atoms with Gasteiger partial charge in [0.25, 0.3) is 5.56 Å².